The minimum absolute atomic E-state index is 0.291. The Labute approximate surface area is 209 Å². The van der Waals surface area contributed by atoms with Crippen LogP contribution in [0.15, 0.2) is 83.5 Å². The molecule has 0 aliphatic carbocycles. The predicted molar refractivity (Wildman–Crippen MR) is 135 cm³/mol. The number of carbonyl (C=O) groups excluding carboxylic acids is 2. The third-order valence-corrected chi connectivity index (χ3v) is 6.08. The van der Waals surface area contributed by atoms with Crippen LogP contribution < -0.4 is 10.6 Å². The molecule has 0 aliphatic rings. The highest BCUT2D eigenvalue weighted by atomic mass is 79.9. The summed E-state index contributed by atoms with van der Waals surface area (Å²) < 4.78 is 27.3. The fourth-order valence-electron chi connectivity index (χ4n) is 3.70. The molecule has 5 nitrogen and oxygen atoms in total. The van der Waals surface area contributed by atoms with Crippen molar-refractivity contribution in [2.24, 2.45) is 0 Å². The molecule has 1 aromatic heterocycles. The Balaban J connectivity index is 1.42. The van der Waals surface area contributed by atoms with Gasteiger partial charge in [-0.3, -0.25) is 9.59 Å². The SMILES string of the molecule is O=C(/C=C/c1ccc(F)c(Br)c1)N[C@@H](C(=O)NCCc1c[nH]c2ccc(F)cc12)c1ccccc1. The van der Waals surface area contributed by atoms with Crippen LogP contribution in [0.4, 0.5) is 8.78 Å². The molecule has 0 fully saturated rings. The van der Waals surface area contributed by atoms with Crippen molar-refractivity contribution in [2.45, 2.75) is 12.5 Å². The summed E-state index contributed by atoms with van der Waals surface area (Å²) in [4.78, 5) is 28.7. The maximum Gasteiger partial charge on any atom is 0.247 e. The van der Waals surface area contributed by atoms with Gasteiger partial charge in [-0.15, -0.1) is 0 Å². The Morgan fingerprint density at radius 2 is 1.83 bits per heavy atom. The van der Waals surface area contributed by atoms with Gasteiger partial charge < -0.3 is 15.6 Å². The third-order valence-electron chi connectivity index (χ3n) is 5.48. The van der Waals surface area contributed by atoms with Crippen LogP contribution in [-0.2, 0) is 16.0 Å². The number of amides is 2. The number of H-pyrrole nitrogens is 1. The average molecular weight is 538 g/mol. The second kappa shape index (κ2) is 11.1. The Morgan fingerprint density at radius 1 is 1.03 bits per heavy atom. The first-order valence-electron chi connectivity index (χ1n) is 10.9. The normalized spacial score (nSPS) is 12.1. The molecule has 3 aromatic carbocycles. The molecule has 8 heteroatoms. The van der Waals surface area contributed by atoms with Gasteiger partial charge in [0.25, 0.3) is 0 Å². The molecule has 0 unspecified atom stereocenters. The number of benzene rings is 3. The van der Waals surface area contributed by atoms with E-state index in [1.54, 1.807) is 48.7 Å². The summed E-state index contributed by atoms with van der Waals surface area (Å²) in [6.07, 6.45) is 5.12. The minimum atomic E-state index is -0.909. The van der Waals surface area contributed by atoms with Crippen molar-refractivity contribution in [1.82, 2.24) is 15.6 Å². The molecule has 1 heterocycles. The molecular weight excluding hydrogens is 516 g/mol. The first-order valence-corrected chi connectivity index (χ1v) is 11.7. The molecule has 3 N–H and O–H groups in total. The minimum Gasteiger partial charge on any atom is -0.361 e. The van der Waals surface area contributed by atoms with Crippen LogP contribution in [0.2, 0.25) is 0 Å². The lowest BCUT2D eigenvalue weighted by molar-refractivity contribution is -0.127. The topological polar surface area (TPSA) is 74.0 Å². The lowest BCUT2D eigenvalue weighted by Gasteiger charge is -2.18. The smallest absolute Gasteiger partial charge is 0.247 e. The molecular formula is C27H22BrF2N3O2. The van der Waals surface area contributed by atoms with E-state index in [0.29, 0.717) is 28.6 Å². The predicted octanol–water partition coefficient (Wildman–Crippen LogP) is 5.44. The van der Waals surface area contributed by atoms with Gasteiger partial charge in [0.05, 0.1) is 4.47 Å². The van der Waals surface area contributed by atoms with E-state index in [0.717, 1.165) is 16.5 Å². The van der Waals surface area contributed by atoms with Crippen LogP contribution in [0, 0.1) is 11.6 Å². The molecule has 0 bridgehead atoms. The van der Waals surface area contributed by atoms with Crippen LogP contribution in [0.3, 0.4) is 0 Å². The third kappa shape index (κ3) is 6.22. The number of aromatic nitrogens is 1. The maximum atomic E-state index is 13.6. The Morgan fingerprint density at radius 3 is 2.60 bits per heavy atom. The molecule has 2 amide bonds. The lowest BCUT2D eigenvalue weighted by atomic mass is 10.1. The van der Waals surface area contributed by atoms with E-state index in [1.807, 2.05) is 6.07 Å². The highest BCUT2D eigenvalue weighted by molar-refractivity contribution is 9.10. The van der Waals surface area contributed by atoms with Gasteiger partial charge in [-0.25, -0.2) is 8.78 Å². The van der Waals surface area contributed by atoms with Crippen molar-refractivity contribution in [2.75, 3.05) is 6.54 Å². The Bertz CT molecular complexity index is 1390. The number of aromatic amines is 1. The largest absolute Gasteiger partial charge is 0.361 e. The average Bonchev–Trinajstić information content (AvgIpc) is 3.25. The highest BCUT2D eigenvalue weighted by Crippen LogP contribution is 2.20. The van der Waals surface area contributed by atoms with E-state index in [1.165, 1.54) is 30.4 Å². The van der Waals surface area contributed by atoms with Crippen LogP contribution in [0.25, 0.3) is 17.0 Å². The van der Waals surface area contributed by atoms with Crippen molar-refractivity contribution < 1.29 is 18.4 Å². The van der Waals surface area contributed by atoms with E-state index < -0.39 is 17.8 Å². The fourth-order valence-corrected chi connectivity index (χ4v) is 4.10. The molecule has 35 heavy (non-hydrogen) atoms. The molecule has 0 saturated carbocycles. The van der Waals surface area contributed by atoms with Gasteiger partial charge in [-0.1, -0.05) is 36.4 Å². The van der Waals surface area contributed by atoms with Gasteiger partial charge in [-0.05, 0) is 75.4 Å². The van der Waals surface area contributed by atoms with Crippen LogP contribution in [-0.4, -0.2) is 23.3 Å². The summed E-state index contributed by atoms with van der Waals surface area (Å²) in [7, 11) is 0. The Hall–Kier alpha value is -3.78. The van der Waals surface area contributed by atoms with Gasteiger partial charge in [0.15, 0.2) is 0 Å². The molecule has 4 aromatic rings. The van der Waals surface area contributed by atoms with E-state index in [-0.39, 0.29) is 11.7 Å². The van der Waals surface area contributed by atoms with Gasteiger partial charge in [0, 0.05) is 29.7 Å². The van der Waals surface area contributed by atoms with Crippen molar-refractivity contribution in [3.63, 3.8) is 0 Å². The van der Waals surface area contributed by atoms with Crippen molar-refractivity contribution >= 4 is 44.7 Å². The van der Waals surface area contributed by atoms with Crippen LogP contribution in [0.1, 0.15) is 22.7 Å². The zero-order valence-electron chi connectivity index (χ0n) is 18.5. The number of rotatable bonds is 8. The van der Waals surface area contributed by atoms with E-state index in [9.17, 15) is 18.4 Å². The summed E-state index contributed by atoms with van der Waals surface area (Å²) in [5.74, 6) is -1.56. The second-order valence-corrected chi connectivity index (χ2v) is 8.76. The van der Waals surface area contributed by atoms with Gasteiger partial charge in [-0.2, -0.15) is 0 Å². The number of halogens is 3. The number of nitrogens with one attached hydrogen (secondary N) is 3. The quantitative estimate of drug-likeness (QED) is 0.262. The Kier molecular flexibility index (Phi) is 7.72. The summed E-state index contributed by atoms with van der Waals surface area (Å²) in [5.41, 5.74) is 2.96. The van der Waals surface area contributed by atoms with Crippen LogP contribution >= 0.6 is 15.9 Å². The molecule has 4 rings (SSSR count). The van der Waals surface area contributed by atoms with Gasteiger partial charge in [0.1, 0.15) is 17.7 Å². The lowest BCUT2D eigenvalue weighted by Crippen LogP contribution is -2.40. The summed E-state index contributed by atoms with van der Waals surface area (Å²) in [6.45, 7) is 0.306. The van der Waals surface area contributed by atoms with Crippen molar-refractivity contribution in [1.29, 1.82) is 0 Å². The van der Waals surface area contributed by atoms with Crippen LogP contribution in [0.5, 0.6) is 0 Å². The molecule has 0 spiro atoms. The number of fused-ring (bicyclic) bond motifs is 1. The summed E-state index contributed by atoms with van der Waals surface area (Å²) in [6, 6.07) is 16.9. The molecule has 0 aliphatic heterocycles. The number of carbonyl (C=O) groups is 2. The first-order chi connectivity index (χ1) is 16.9. The molecule has 0 saturated heterocycles. The van der Waals surface area contributed by atoms with E-state index in [2.05, 4.69) is 31.5 Å². The molecule has 178 valence electrons. The maximum absolute atomic E-state index is 13.6. The second-order valence-electron chi connectivity index (χ2n) is 7.90. The van der Waals surface area contributed by atoms with Gasteiger partial charge >= 0.3 is 0 Å². The van der Waals surface area contributed by atoms with E-state index in [4.69, 9.17) is 0 Å². The van der Waals surface area contributed by atoms with Crippen molar-refractivity contribution in [3.05, 3.63) is 112 Å². The molecule has 0 radical (unpaired) electrons. The number of hydrogen-bond acceptors (Lipinski definition) is 2. The summed E-state index contributed by atoms with van der Waals surface area (Å²) >= 11 is 3.12. The molecule has 1 atom stereocenters. The summed E-state index contributed by atoms with van der Waals surface area (Å²) in [5, 5.41) is 6.36. The zero-order chi connectivity index (χ0) is 24.8. The first kappa shape index (κ1) is 24.3. The van der Waals surface area contributed by atoms with Gasteiger partial charge in [0.2, 0.25) is 11.8 Å². The monoisotopic (exact) mass is 537 g/mol. The fraction of sp³-hybridized carbons (Fsp3) is 0.111. The highest BCUT2D eigenvalue weighted by Gasteiger charge is 2.21. The van der Waals surface area contributed by atoms with Crippen molar-refractivity contribution in [3.8, 4) is 0 Å². The standard InChI is InChI=1S/C27H22BrF2N3O2/c28-22-14-17(6-9-23(22)30)7-11-25(34)33-26(18-4-2-1-3-5-18)27(35)31-13-12-19-16-32-24-10-8-20(29)15-21(19)24/h1-11,14-16,26,32H,12-13H2,(H,31,35)(H,33,34)/b11-7+/t26-/m1/s1. The zero-order valence-corrected chi connectivity index (χ0v) is 20.1. The van der Waals surface area contributed by atoms with E-state index >= 15 is 0 Å². The number of hydrogen-bond donors (Lipinski definition) is 3.